The number of carbonyl (C=O) groups is 1. The summed E-state index contributed by atoms with van der Waals surface area (Å²) in [6, 6.07) is 18.2. The van der Waals surface area contributed by atoms with Crippen LogP contribution < -0.4 is 16.8 Å². The van der Waals surface area contributed by atoms with Crippen LogP contribution in [-0.4, -0.2) is 10.5 Å². The van der Waals surface area contributed by atoms with E-state index in [0.717, 1.165) is 40.2 Å². The van der Waals surface area contributed by atoms with Gasteiger partial charge in [0.05, 0.1) is 5.56 Å². The fourth-order valence-electron chi connectivity index (χ4n) is 3.31. The number of benzene rings is 2. The van der Waals surface area contributed by atoms with Crippen LogP contribution in [-0.2, 0) is 26.2 Å². The van der Waals surface area contributed by atoms with Gasteiger partial charge in [-0.3, -0.25) is 4.79 Å². The van der Waals surface area contributed by atoms with Crippen LogP contribution in [0.25, 0.3) is 0 Å². The average Bonchev–Trinajstić information content (AvgIpc) is 3.01. The van der Waals surface area contributed by atoms with E-state index in [0.29, 0.717) is 19.6 Å². The summed E-state index contributed by atoms with van der Waals surface area (Å²) in [6.45, 7) is 6.31. The second-order valence-corrected chi connectivity index (χ2v) is 7.09. The maximum absolute atomic E-state index is 12.7. The lowest BCUT2D eigenvalue weighted by Crippen LogP contribution is -2.23. The first-order valence-corrected chi connectivity index (χ1v) is 9.52. The minimum Gasteiger partial charge on any atom is -0.348 e. The Balaban J connectivity index is 1.69. The van der Waals surface area contributed by atoms with Gasteiger partial charge in [0.15, 0.2) is 0 Å². The van der Waals surface area contributed by atoms with E-state index in [-0.39, 0.29) is 5.91 Å². The number of rotatable bonds is 7. The van der Waals surface area contributed by atoms with Crippen molar-refractivity contribution in [3.8, 4) is 0 Å². The van der Waals surface area contributed by atoms with Gasteiger partial charge in [-0.15, -0.1) is 0 Å². The lowest BCUT2D eigenvalue weighted by molar-refractivity contribution is 0.0950. The molecule has 2 aromatic carbocycles. The van der Waals surface area contributed by atoms with E-state index >= 15 is 0 Å². The molecule has 1 aromatic heterocycles. The molecule has 0 bridgehead atoms. The molecular formula is C23H28N4O. The Morgan fingerprint density at radius 1 is 0.857 bits per heavy atom. The van der Waals surface area contributed by atoms with Crippen LogP contribution in [0.4, 0.5) is 0 Å². The molecule has 28 heavy (non-hydrogen) atoms. The zero-order valence-electron chi connectivity index (χ0n) is 16.5. The number of nitrogens with one attached hydrogen (secondary N) is 1. The summed E-state index contributed by atoms with van der Waals surface area (Å²) in [7, 11) is 0. The summed E-state index contributed by atoms with van der Waals surface area (Å²) >= 11 is 0. The number of amides is 1. The topological polar surface area (TPSA) is 86.1 Å². The predicted octanol–water partition coefficient (Wildman–Crippen LogP) is 3.00. The Labute approximate surface area is 166 Å². The van der Waals surface area contributed by atoms with Crippen molar-refractivity contribution in [3.63, 3.8) is 0 Å². The standard InChI is InChI=1S/C23H28N4O/c1-16-11-22(23(28)26-14-20-7-3-18(12-24)4-8-20)17(2)27(16)15-21-9-5-19(13-25)6-10-21/h3-11H,12-15,24-25H2,1-2H3,(H,26,28). The molecule has 0 aliphatic rings. The van der Waals surface area contributed by atoms with Crippen LogP contribution in [0.2, 0.25) is 0 Å². The number of nitrogens with two attached hydrogens (primary N) is 2. The van der Waals surface area contributed by atoms with Gasteiger partial charge < -0.3 is 21.4 Å². The minimum atomic E-state index is -0.0549. The molecular weight excluding hydrogens is 348 g/mol. The lowest BCUT2D eigenvalue weighted by atomic mass is 10.1. The maximum Gasteiger partial charge on any atom is 0.253 e. The summed E-state index contributed by atoms with van der Waals surface area (Å²) in [5.74, 6) is -0.0549. The maximum atomic E-state index is 12.7. The van der Waals surface area contributed by atoms with E-state index in [2.05, 4.69) is 22.0 Å². The molecule has 0 saturated carbocycles. The van der Waals surface area contributed by atoms with Gasteiger partial charge in [-0.25, -0.2) is 0 Å². The van der Waals surface area contributed by atoms with E-state index in [1.165, 1.54) is 5.56 Å². The Kier molecular flexibility index (Phi) is 6.29. The first-order chi connectivity index (χ1) is 13.5. The summed E-state index contributed by atoms with van der Waals surface area (Å²) in [6.07, 6.45) is 0. The molecule has 5 nitrogen and oxygen atoms in total. The van der Waals surface area contributed by atoms with Crippen molar-refractivity contribution in [2.24, 2.45) is 11.5 Å². The van der Waals surface area contributed by atoms with E-state index in [9.17, 15) is 4.79 Å². The molecule has 0 unspecified atom stereocenters. The summed E-state index contributed by atoms with van der Waals surface area (Å²) in [5, 5.41) is 3.02. The average molecular weight is 377 g/mol. The Bertz CT molecular complexity index is 940. The highest BCUT2D eigenvalue weighted by Crippen LogP contribution is 2.18. The quantitative estimate of drug-likeness (QED) is 0.592. The van der Waals surface area contributed by atoms with Gasteiger partial charge in [0.25, 0.3) is 5.91 Å². The Morgan fingerprint density at radius 3 is 1.89 bits per heavy atom. The molecule has 0 atom stereocenters. The highest BCUT2D eigenvalue weighted by atomic mass is 16.1. The van der Waals surface area contributed by atoms with Crippen molar-refractivity contribution in [2.75, 3.05) is 0 Å². The highest BCUT2D eigenvalue weighted by molar-refractivity contribution is 5.95. The van der Waals surface area contributed by atoms with Gasteiger partial charge in [0.1, 0.15) is 0 Å². The molecule has 0 radical (unpaired) electrons. The molecule has 3 rings (SSSR count). The van der Waals surface area contributed by atoms with Crippen molar-refractivity contribution >= 4 is 5.91 Å². The third-order valence-corrected chi connectivity index (χ3v) is 5.13. The van der Waals surface area contributed by atoms with E-state index in [4.69, 9.17) is 11.5 Å². The number of hydrogen-bond acceptors (Lipinski definition) is 3. The molecule has 0 fully saturated rings. The van der Waals surface area contributed by atoms with E-state index < -0.39 is 0 Å². The minimum absolute atomic E-state index is 0.0549. The van der Waals surface area contributed by atoms with Gasteiger partial charge in [0.2, 0.25) is 0 Å². The summed E-state index contributed by atoms with van der Waals surface area (Å²) in [5.41, 5.74) is 18.5. The van der Waals surface area contributed by atoms with Gasteiger partial charge in [-0.05, 0) is 42.2 Å². The van der Waals surface area contributed by atoms with Crippen LogP contribution in [0.1, 0.15) is 44.0 Å². The van der Waals surface area contributed by atoms with Gasteiger partial charge in [-0.1, -0.05) is 48.5 Å². The molecule has 3 aromatic rings. The number of nitrogens with zero attached hydrogens (tertiary/aromatic N) is 1. The monoisotopic (exact) mass is 376 g/mol. The van der Waals surface area contributed by atoms with E-state index in [1.54, 1.807) is 0 Å². The molecule has 5 N–H and O–H groups in total. The number of aromatic nitrogens is 1. The van der Waals surface area contributed by atoms with Crippen LogP contribution in [0.15, 0.2) is 54.6 Å². The molecule has 1 amide bonds. The lowest BCUT2D eigenvalue weighted by Gasteiger charge is -2.11. The SMILES string of the molecule is Cc1cc(C(=O)NCc2ccc(CN)cc2)c(C)n1Cc1ccc(CN)cc1. The van der Waals surface area contributed by atoms with Crippen LogP contribution >= 0.6 is 0 Å². The molecule has 0 aliphatic carbocycles. The summed E-state index contributed by atoms with van der Waals surface area (Å²) in [4.78, 5) is 12.7. The van der Waals surface area contributed by atoms with Crippen LogP contribution in [0.3, 0.4) is 0 Å². The molecule has 5 heteroatoms. The smallest absolute Gasteiger partial charge is 0.253 e. The number of carbonyl (C=O) groups excluding carboxylic acids is 1. The Morgan fingerprint density at radius 2 is 1.36 bits per heavy atom. The van der Waals surface area contributed by atoms with Crippen LogP contribution in [0, 0.1) is 13.8 Å². The molecule has 0 spiro atoms. The third-order valence-electron chi connectivity index (χ3n) is 5.13. The van der Waals surface area contributed by atoms with E-state index in [1.807, 2.05) is 56.3 Å². The number of hydrogen-bond donors (Lipinski definition) is 3. The molecule has 0 aliphatic heterocycles. The fraction of sp³-hybridized carbons (Fsp3) is 0.261. The first kappa shape index (κ1) is 19.9. The Hall–Kier alpha value is -2.89. The van der Waals surface area contributed by atoms with Crippen molar-refractivity contribution in [3.05, 3.63) is 93.8 Å². The van der Waals surface area contributed by atoms with Crippen molar-refractivity contribution in [2.45, 2.75) is 40.0 Å². The van der Waals surface area contributed by atoms with Gasteiger partial charge in [0, 0.05) is 37.6 Å². The zero-order chi connectivity index (χ0) is 20.1. The third kappa shape index (κ3) is 4.50. The molecule has 1 heterocycles. The van der Waals surface area contributed by atoms with Gasteiger partial charge >= 0.3 is 0 Å². The second-order valence-electron chi connectivity index (χ2n) is 7.09. The molecule has 146 valence electrons. The van der Waals surface area contributed by atoms with Crippen LogP contribution in [0.5, 0.6) is 0 Å². The van der Waals surface area contributed by atoms with Gasteiger partial charge in [-0.2, -0.15) is 0 Å². The zero-order valence-corrected chi connectivity index (χ0v) is 16.5. The highest BCUT2D eigenvalue weighted by Gasteiger charge is 2.15. The molecule has 0 saturated heterocycles. The van der Waals surface area contributed by atoms with Crippen molar-refractivity contribution < 1.29 is 4.79 Å². The normalized spacial score (nSPS) is 10.9. The van der Waals surface area contributed by atoms with Crippen molar-refractivity contribution in [1.82, 2.24) is 9.88 Å². The fourth-order valence-corrected chi connectivity index (χ4v) is 3.31. The largest absolute Gasteiger partial charge is 0.348 e. The van der Waals surface area contributed by atoms with Crippen molar-refractivity contribution in [1.29, 1.82) is 0 Å². The second kappa shape index (κ2) is 8.87. The predicted molar refractivity (Wildman–Crippen MR) is 113 cm³/mol. The first-order valence-electron chi connectivity index (χ1n) is 9.52. The summed E-state index contributed by atoms with van der Waals surface area (Å²) < 4.78 is 2.17. The number of aryl methyl sites for hydroxylation is 1.